The van der Waals surface area contributed by atoms with Gasteiger partial charge in [0.05, 0.1) is 16.6 Å². The minimum atomic E-state index is -0.354. The third kappa shape index (κ3) is 2.02. The summed E-state index contributed by atoms with van der Waals surface area (Å²) in [5.74, 6) is 0. The van der Waals surface area contributed by atoms with Crippen molar-refractivity contribution in [2.45, 2.75) is 11.8 Å². The molecule has 0 bridgehead atoms. The van der Waals surface area contributed by atoms with Crippen LogP contribution in [0.25, 0.3) is 44.4 Å². The molecule has 2 nitrogen and oxygen atoms in total. The zero-order valence-electron chi connectivity index (χ0n) is 19.5. The third-order valence-electron chi connectivity index (χ3n) is 8.57. The van der Waals surface area contributed by atoms with Crippen LogP contribution in [0.3, 0.4) is 0 Å². The molecule has 0 saturated carbocycles. The van der Waals surface area contributed by atoms with E-state index in [0.717, 1.165) is 17.6 Å². The summed E-state index contributed by atoms with van der Waals surface area (Å²) in [4.78, 5) is 9.68. The summed E-state index contributed by atoms with van der Waals surface area (Å²) in [6.45, 7) is 0. The topological polar surface area (TPSA) is 25.8 Å². The average Bonchev–Trinajstić information content (AvgIpc) is 3.55. The molecule has 2 aromatic heterocycles. The second-order valence-electron chi connectivity index (χ2n) is 10.1. The van der Waals surface area contributed by atoms with Crippen LogP contribution in [0.15, 0.2) is 109 Å². The van der Waals surface area contributed by atoms with Crippen molar-refractivity contribution in [2.24, 2.45) is 0 Å². The summed E-state index contributed by atoms with van der Waals surface area (Å²) < 4.78 is 0. The van der Waals surface area contributed by atoms with Gasteiger partial charge in [-0.05, 0) is 79.9 Å². The van der Waals surface area contributed by atoms with Crippen molar-refractivity contribution in [3.8, 4) is 33.5 Å². The van der Waals surface area contributed by atoms with Crippen molar-refractivity contribution in [3.63, 3.8) is 0 Å². The van der Waals surface area contributed by atoms with Crippen molar-refractivity contribution in [1.29, 1.82) is 0 Å². The monoisotopic (exact) mass is 456 g/mol. The first-order chi connectivity index (χ1) is 17.9. The fourth-order valence-electron chi connectivity index (χ4n) is 7.25. The molecule has 3 aliphatic carbocycles. The fourth-order valence-corrected chi connectivity index (χ4v) is 7.25. The zero-order valence-corrected chi connectivity index (χ0v) is 19.5. The van der Waals surface area contributed by atoms with E-state index in [1.165, 1.54) is 66.6 Å². The quantitative estimate of drug-likeness (QED) is 0.235. The molecule has 9 rings (SSSR count). The molecule has 2 heterocycles. The SMILES string of the molecule is c1ccc2c(c1)-c1cc3c(cc1C21c2ccccc2-c2ncccc21)-c1c(cnc2ccccc12)C3. The van der Waals surface area contributed by atoms with E-state index in [4.69, 9.17) is 9.97 Å². The Labute approximate surface area is 208 Å². The van der Waals surface area contributed by atoms with Gasteiger partial charge in [-0.3, -0.25) is 9.97 Å². The Morgan fingerprint density at radius 3 is 2.22 bits per heavy atom. The molecule has 4 aromatic carbocycles. The molecule has 1 spiro atoms. The summed E-state index contributed by atoms with van der Waals surface area (Å²) in [6, 6.07) is 35.7. The van der Waals surface area contributed by atoms with Crippen LogP contribution in [-0.2, 0) is 11.8 Å². The second-order valence-corrected chi connectivity index (χ2v) is 10.1. The fraction of sp³-hybridized carbons (Fsp3) is 0.0588. The van der Waals surface area contributed by atoms with Gasteiger partial charge >= 0.3 is 0 Å². The Morgan fingerprint density at radius 2 is 1.31 bits per heavy atom. The van der Waals surface area contributed by atoms with Gasteiger partial charge in [0.1, 0.15) is 0 Å². The summed E-state index contributed by atoms with van der Waals surface area (Å²) >= 11 is 0. The molecule has 0 N–H and O–H groups in total. The van der Waals surface area contributed by atoms with Gasteiger partial charge in [0.15, 0.2) is 0 Å². The van der Waals surface area contributed by atoms with Crippen LogP contribution < -0.4 is 0 Å². The van der Waals surface area contributed by atoms with Crippen molar-refractivity contribution >= 4 is 10.9 Å². The lowest BCUT2D eigenvalue weighted by Gasteiger charge is -2.30. The summed E-state index contributed by atoms with van der Waals surface area (Å²) in [5, 5.41) is 1.24. The lowest BCUT2D eigenvalue weighted by atomic mass is 9.70. The van der Waals surface area contributed by atoms with E-state index in [2.05, 4.69) is 103 Å². The first kappa shape index (κ1) is 18.7. The molecule has 0 aliphatic heterocycles. The number of pyridine rings is 2. The van der Waals surface area contributed by atoms with Crippen LogP contribution in [-0.4, -0.2) is 9.97 Å². The van der Waals surface area contributed by atoms with Crippen molar-refractivity contribution in [1.82, 2.24) is 9.97 Å². The lowest BCUT2D eigenvalue weighted by molar-refractivity contribution is 0.791. The largest absolute Gasteiger partial charge is 0.256 e. The Balaban J connectivity index is 1.45. The van der Waals surface area contributed by atoms with Crippen LogP contribution in [0.2, 0.25) is 0 Å². The minimum absolute atomic E-state index is 0.354. The van der Waals surface area contributed by atoms with Crippen molar-refractivity contribution in [3.05, 3.63) is 143 Å². The summed E-state index contributed by atoms with van der Waals surface area (Å²) in [7, 11) is 0. The van der Waals surface area contributed by atoms with E-state index >= 15 is 0 Å². The number of para-hydroxylation sites is 1. The van der Waals surface area contributed by atoms with Crippen molar-refractivity contribution in [2.75, 3.05) is 0 Å². The molecule has 0 radical (unpaired) electrons. The van der Waals surface area contributed by atoms with Gasteiger partial charge in [-0.1, -0.05) is 72.8 Å². The van der Waals surface area contributed by atoms with E-state index in [-0.39, 0.29) is 5.41 Å². The Kier molecular flexibility index (Phi) is 3.31. The van der Waals surface area contributed by atoms with E-state index in [0.29, 0.717) is 0 Å². The first-order valence-corrected chi connectivity index (χ1v) is 12.6. The molecule has 1 unspecified atom stereocenters. The van der Waals surface area contributed by atoms with Crippen LogP contribution >= 0.6 is 0 Å². The van der Waals surface area contributed by atoms with Gasteiger partial charge in [0.25, 0.3) is 0 Å². The van der Waals surface area contributed by atoms with Crippen LogP contribution in [0.1, 0.15) is 33.4 Å². The highest BCUT2D eigenvalue weighted by Crippen LogP contribution is 2.63. The van der Waals surface area contributed by atoms with Gasteiger partial charge in [-0.25, -0.2) is 0 Å². The van der Waals surface area contributed by atoms with Gasteiger partial charge < -0.3 is 0 Å². The molecule has 6 aromatic rings. The van der Waals surface area contributed by atoms with Crippen LogP contribution in [0, 0.1) is 0 Å². The Morgan fingerprint density at radius 1 is 0.556 bits per heavy atom. The van der Waals surface area contributed by atoms with Gasteiger partial charge in [0, 0.05) is 29.8 Å². The second kappa shape index (κ2) is 6.35. The summed E-state index contributed by atoms with van der Waals surface area (Å²) in [6.07, 6.45) is 4.94. The number of fused-ring (bicyclic) bond motifs is 15. The number of hydrogen-bond acceptors (Lipinski definition) is 2. The minimum Gasteiger partial charge on any atom is -0.256 e. The van der Waals surface area contributed by atoms with Gasteiger partial charge in [-0.2, -0.15) is 0 Å². The highest BCUT2D eigenvalue weighted by Gasteiger charge is 2.52. The number of hydrogen-bond donors (Lipinski definition) is 0. The molecule has 166 valence electrons. The molecule has 0 fully saturated rings. The Hall–Kier alpha value is -4.56. The number of aromatic nitrogens is 2. The molecule has 0 saturated heterocycles. The first-order valence-electron chi connectivity index (χ1n) is 12.6. The molecule has 2 heteroatoms. The predicted octanol–water partition coefficient (Wildman–Crippen LogP) is 7.54. The maximum absolute atomic E-state index is 4.91. The smallest absolute Gasteiger partial charge is 0.0753 e. The van der Waals surface area contributed by atoms with E-state index < -0.39 is 0 Å². The van der Waals surface area contributed by atoms with Crippen LogP contribution in [0.5, 0.6) is 0 Å². The molecule has 0 amide bonds. The molecular formula is C34H20N2. The van der Waals surface area contributed by atoms with Crippen LogP contribution in [0.4, 0.5) is 0 Å². The average molecular weight is 457 g/mol. The molecule has 3 aliphatic rings. The van der Waals surface area contributed by atoms with Gasteiger partial charge in [-0.15, -0.1) is 0 Å². The van der Waals surface area contributed by atoms with E-state index in [9.17, 15) is 0 Å². The maximum atomic E-state index is 4.91. The third-order valence-corrected chi connectivity index (χ3v) is 8.57. The predicted molar refractivity (Wildman–Crippen MR) is 144 cm³/mol. The highest BCUT2D eigenvalue weighted by atomic mass is 14.7. The molecule has 1 atom stereocenters. The van der Waals surface area contributed by atoms with Crippen molar-refractivity contribution < 1.29 is 0 Å². The summed E-state index contributed by atoms with van der Waals surface area (Å²) in [5.41, 5.74) is 16.5. The van der Waals surface area contributed by atoms with E-state index in [1.807, 2.05) is 6.20 Å². The number of nitrogens with zero attached hydrogens (tertiary/aromatic N) is 2. The zero-order chi connectivity index (χ0) is 23.4. The van der Waals surface area contributed by atoms with E-state index in [1.54, 1.807) is 0 Å². The normalized spacial score (nSPS) is 17.4. The highest BCUT2D eigenvalue weighted by molar-refractivity contribution is 6.02. The maximum Gasteiger partial charge on any atom is 0.0753 e. The Bertz CT molecular complexity index is 1890. The number of rotatable bonds is 0. The number of benzene rings is 4. The molecule has 36 heavy (non-hydrogen) atoms. The van der Waals surface area contributed by atoms with Gasteiger partial charge in [0.2, 0.25) is 0 Å². The lowest BCUT2D eigenvalue weighted by Crippen LogP contribution is -2.26. The molecular weight excluding hydrogens is 436 g/mol. The standard InChI is InChI=1S/C34H20N2/c1-4-11-27-22(8-1)26-17-20-16-21-19-36-31-14-6-3-10-24(31)32(21)25(20)18-30(26)34(27)28-12-5-2-9-23(28)33-29(34)13-7-15-35-33/h1-15,17-19H,16H2.